The topological polar surface area (TPSA) is 46.9 Å². The molecule has 2 unspecified atom stereocenters. The summed E-state index contributed by atoms with van der Waals surface area (Å²) in [5, 5.41) is 3.46. The Balaban J connectivity index is 2.61. The number of hydrogen-bond donors (Lipinski definition) is 1. The van der Waals surface area contributed by atoms with E-state index in [-0.39, 0.29) is 5.54 Å². The molecule has 0 aliphatic heterocycles. The van der Waals surface area contributed by atoms with Crippen molar-refractivity contribution in [1.82, 2.24) is 14.9 Å². The fourth-order valence-electron chi connectivity index (χ4n) is 1.70. The van der Waals surface area contributed by atoms with Gasteiger partial charge in [0.05, 0.1) is 12.0 Å². The third kappa shape index (κ3) is 5.31. The maximum atomic E-state index is 11.1. The SMILES string of the molecule is CC(CCS(C)=O)n1cncc1CNC(C)(C)C. The lowest BCUT2D eigenvalue weighted by Crippen LogP contribution is -2.35. The van der Waals surface area contributed by atoms with Crippen molar-refractivity contribution in [2.24, 2.45) is 0 Å². The molecular formula is C13H25N3OS. The van der Waals surface area contributed by atoms with Gasteiger partial charge in [-0.05, 0) is 34.1 Å². The van der Waals surface area contributed by atoms with Crippen LogP contribution in [0.4, 0.5) is 0 Å². The number of aromatic nitrogens is 2. The molecule has 0 aromatic carbocycles. The Hall–Kier alpha value is -0.680. The van der Waals surface area contributed by atoms with Gasteiger partial charge in [0, 0.05) is 47.1 Å². The summed E-state index contributed by atoms with van der Waals surface area (Å²) in [4.78, 5) is 4.22. The highest BCUT2D eigenvalue weighted by molar-refractivity contribution is 7.84. The van der Waals surface area contributed by atoms with Gasteiger partial charge < -0.3 is 9.88 Å². The monoisotopic (exact) mass is 271 g/mol. The minimum atomic E-state index is -0.722. The highest BCUT2D eigenvalue weighted by Gasteiger charge is 2.13. The third-order valence-electron chi connectivity index (χ3n) is 2.84. The van der Waals surface area contributed by atoms with Crippen LogP contribution in [0.5, 0.6) is 0 Å². The summed E-state index contributed by atoms with van der Waals surface area (Å²) in [6, 6.07) is 0.341. The summed E-state index contributed by atoms with van der Waals surface area (Å²) < 4.78 is 13.3. The molecule has 0 saturated heterocycles. The summed E-state index contributed by atoms with van der Waals surface area (Å²) >= 11 is 0. The Morgan fingerprint density at radius 1 is 1.50 bits per heavy atom. The van der Waals surface area contributed by atoms with Crippen molar-refractivity contribution in [3.8, 4) is 0 Å². The van der Waals surface area contributed by atoms with Crippen LogP contribution in [0.1, 0.15) is 45.9 Å². The molecule has 0 radical (unpaired) electrons. The zero-order chi connectivity index (χ0) is 13.8. The van der Waals surface area contributed by atoms with E-state index in [1.807, 2.05) is 12.5 Å². The summed E-state index contributed by atoms with van der Waals surface area (Å²) in [7, 11) is -0.722. The van der Waals surface area contributed by atoms with E-state index in [9.17, 15) is 4.21 Å². The van der Waals surface area contributed by atoms with Crippen LogP contribution in [0.15, 0.2) is 12.5 Å². The van der Waals surface area contributed by atoms with E-state index in [0.29, 0.717) is 6.04 Å². The molecule has 1 heterocycles. The molecule has 5 heteroatoms. The van der Waals surface area contributed by atoms with Crippen LogP contribution >= 0.6 is 0 Å². The molecule has 1 aromatic rings. The first kappa shape index (κ1) is 15.4. The molecular weight excluding hydrogens is 246 g/mol. The van der Waals surface area contributed by atoms with E-state index >= 15 is 0 Å². The molecule has 0 spiro atoms. The molecule has 0 aliphatic rings. The van der Waals surface area contributed by atoms with Gasteiger partial charge in [0.15, 0.2) is 0 Å². The first-order valence-electron chi connectivity index (χ1n) is 6.35. The molecule has 1 N–H and O–H groups in total. The predicted molar refractivity (Wildman–Crippen MR) is 77.1 cm³/mol. The number of nitrogens with one attached hydrogen (secondary N) is 1. The van der Waals surface area contributed by atoms with Gasteiger partial charge in [0.1, 0.15) is 0 Å². The molecule has 4 nitrogen and oxygen atoms in total. The summed E-state index contributed by atoms with van der Waals surface area (Å²) in [6.45, 7) is 9.41. The first-order chi connectivity index (χ1) is 8.29. The van der Waals surface area contributed by atoms with E-state index in [0.717, 1.165) is 18.7 Å². The number of hydrogen-bond acceptors (Lipinski definition) is 3. The van der Waals surface area contributed by atoms with Crippen LogP contribution in [-0.4, -0.2) is 31.3 Å². The van der Waals surface area contributed by atoms with Crippen molar-refractivity contribution in [2.45, 2.75) is 52.2 Å². The van der Waals surface area contributed by atoms with Crippen molar-refractivity contribution in [2.75, 3.05) is 12.0 Å². The van der Waals surface area contributed by atoms with Gasteiger partial charge >= 0.3 is 0 Å². The van der Waals surface area contributed by atoms with Gasteiger partial charge in [-0.3, -0.25) is 4.21 Å². The largest absolute Gasteiger partial charge is 0.331 e. The maximum absolute atomic E-state index is 11.1. The summed E-state index contributed by atoms with van der Waals surface area (Å²) in [5.74, 6) is 0.742. The van der Waals surface area contributed by atoms with Gasteiger partial charge in [-0.25, -0.2) is 4.98 Å². The molecule has 0 fully saturated rings. The second-order valence-corrected chi connectivity index (χ2v) is 7.37. The number of rotatable bonds is 6. The van der Waals surface area contributed by atoms with Crippen LogP contribution in [0.3, 0.4) is 0 Å². The molecule has 2 atom stereocenters. The van der Waals surface area contributed by atoms with Crippen molar-refractivity contribution >= 4 is 10.8 Å². The lowest BCUT2D eigenvalue weighted by atomic mass is 10.1. The van der Waals surface area contributed by atoms with Gasteiger partial charge in [-0.15, -0.1) is 0 Å². The second-order valence-electron chi connectivity index (χ2n) is 5.81. The van der Waals surface area contributed by atoms with Crippen LogP contribution in [0.25, 0.3) is 0 Å². The standard InChI is InChI=1S/C13H25N3OS/c1-11(6-7-18(5)17)16-10-14-8-12(16)9-15-13(2,3)4/h8,10-11,15H,6-7,9H2,1-5H3. The minimum Gasteiger partial charge on any atom is -0.331 e. The second kappa shape index (κ2) is 6.48. The Kier molecular flexibility index (Phi) is 5.53. The fraction of sp³-hybridized carbons (Fsp3) is 0.769. The summed E-state index contributed by atoms with van der Waals surface area (Å²) in [5.41, 5.74) is 1.28. The Morgan fingerprint density at radius 2 is 2.17 bits per heavy atom. The first-order valence-corrected chi connectivity index (χ1v) is 8.08. The van der Waals surface area contributed by atoms with Gasteiger partial charge in [-0.2, -0.15) is 0 Å². The van der Waals surface area contributed by atoms with Crippen molar-refractivity contribution < 1.29 is 4.21 Å². The van der Waals surface area contributed by atoms with Crippen LogP contribution < -0.4 is 5.32 Å². The fourth-order valence-corrected chi connectivity index (χ4v) is 2.37. The number of nitrogens with zero attached hydrogens (tertiary/aromatic N) is 2. The van der Waals surface area contributed by atoms with Crippen molar-refractivity contribution in [3.63, 3.8) is 0 Å². The van der Waals surface area contributed by atoms with E-state index in [1.54, 1.807) is 6.26 Å². The van der Waals surface area contributed by atoms with Gasteiger partial charge in [-0.1, -0.05) is 0 Å². The quantitative estimate of drug-likeness (QED) is 0.862. The zero-order valence-corrected chi connectivity index (χ0v) is 12.9. The predicted octanol–water partition coefficient (Wildman–Crippen LogP) is 2.10. The molecule has 0 saturated carbocycles. The summed E-state index contributed by atoms with van der Waals surface area (Å²) in [6.07, 6.45) is 6.44. The minimum absolute atomic E-state index is 0.100. The molecule has 104 valence electrons. The Morgan fingerprint density at radius 3 is 2.72 bits per heavy atom. The van der Waals surface area contributed by atoms with E-state index in [2.05, 4.69) is 42.6 Å². The zero-order valence-electron chi connectivity index (χ0n) is 12.1. The maximum Gasteiger partial charge on any atom is 0.0951 e. The normalized spacial score (nSPS) is 15.6. The van der Waals surface area contributed by atoms with Gasteiger partial charge in [0.25, 0.3) is 0 Å². The van der Waals surface area contributed by atoms with E-state index in [1.165, 1.54) is 5.69 Å². The average molecular weight is 271 g/mol. The van der Waals surface area contributed by atoms with Crippen LogP contribution in [0.2, 0.25) is 0 Å². The lowest BCUT2D eigenvalue weighted by Gasteiger charge is -2.22. The van der Waals surface area contributed by atoms with Crippen LogP contribution in [-0.2, 0) is 17.3 Å². The van der Waals surface area contributed by atoms with Gasteiger partial charge in [0.2, 0.25) is 0 Å². The molecule has 1 aromatic heterocycles. The third-order valence-corrected chi connectivity index (χ3v) is 3.65. The molecule has 0 amide bonds. The molecule has 0 aliphatic carbocycles. The highest BCUT2D eigenvalue weighted by Crippen LogP contribution is 2.15. The van der Waals surface area contributed by atoms with Crippen molar-refractivity contribution in [1.29, 1.82) is 0 Å². The molecule has 0 bridgehead atoms. The highest BCUT2D eigenvalue weighted by atomic mass is 32.2. The molecule has 1 rings (SSSR count). The number of imidazole rings is 1. The van der Waals surface area contributed by atoms with Crippen LogP contribution in [0, 0.1) is 0 Å². The van der Waals surface area contributed by atoms with E-state index < -0.39 is 10.8 Å². The Bertz CT molecular complexity index is 395. The molecule has 18 heavy (non-hydrogen) atoms. The smallest absolute Gasteiger partial charge is 0.0951 e. The Labute approximate surface area is 113 Å². The average Bonchev–Trinajstić information content (AvgIpc) is 2.70. The van der Waals surface area contributed by atoms with E-state index in [4.69, 9.17) is 0 Å². The van der Waals surface area contributed by atoms with Crippen molar-refractivity contribution in [3.05, 3.63) is 18.2 Å². The lowest BCUT2D eigenvalue weighted by molar-refractivity contribution is 0.407.